The Morgan fingerprint density at radius 2 is 2.18 bits per heavy atom. The maximum absolute atomic E-state index is 13.3. The average molecular weight is 300 g/mol. The summed E-state index contributed by atoms with van der Waals surface area (Å²) in [7, 11) is 0. The first kappa shape index (κ1) is 13.0. The molecule has 1 saturated heterocycles. The van der Waals surface area contributed by atoms with E-state index in [1.54, 1.807) is 12.1 Å². The van der Waals surface area contributed by atoms with Gasteiger partial charge in [0.15, 0.2) is 0 Å². The van der Waals surface area contributed by atoms with Crippen LogP contribution >= 0.6 is 15.9 Å². The summed E-state index contributed by atoms with van der Waals surface area (Å²) in [5.74, 6) is -0.152. The lowest BCUT2D eigenvalue weighted by Gasteiger charge is -2.30. The Balaban J connectivity index is 2.15. The number of nitrogens with one attached hydrogen (secondary N) is 1. The number of benzene rings is 1. The second-order valence-corrected chi connectivity index (χ2v) is 6.06. The summed E-state index contributed by atoms with van der Waals surface area (Å²) in [6.45, 7) is 3.32. The predicted molar refractivity (Wildman–Crippen MR) is 72.7 cm³/mol. The molecule has 3 heteroatoms. The zero-order chi connectivity index (χ0) is 12.3. The molecule has 1 atom stereocenters. The van der Waals surface area contributed by atoms with Crippen molar-refractivity contribution in [3.8, 4) is 0 Å². The van der Waals surface area contributed by atoms with Crippen LogP contribution in [0.15, 0.2) is 22.7 Å². The first-order valence-corrected chi connectivity index (χ1v) is 7.07. The van der Waals surface area contributed by atoms with E-state index in [1.165, 1.54) is 25.3 Å². The van der Waals surface area contributed by atoms with Crippen LogP contribution in [0, 0.1) is 5.82 Å². The van der Waals surface area contributed by atoms with Crippen molar-refractivity contribution in [1.29, 1.82) is 0 Å². The fraction of sp³-hybridized carbons (Fsp3) is 0.571. The van der Waals surface area contributed by atoms with Crippen LogP contribution < -0.4 is 5.32 Å². The van der Waals surface area contributed by atoms with Gasteiger partial charge in [0.2, 0.25) is 0 Å². The van der Waals surface area contributed by atoms with Crippen molar-refractivity contribution >= 4 is 15.9 Å². The molecule has 0 saturated carbocycles. The standard InChI is InChI=1S/C14H19BrFN/c1-14(7-3-2-4-8-17-14)10-11-9-12(16)5-6-13(11)15/h5-6,9,17H,2-4,7-8,10H2,1H3. The van der Waals surface area contributed by atoms with Crippen LogP contribution in [0.2, 0.25) is 0 Å². The van der Waals surface area contributed by atoms with Crippen molar-refractivity contribution in [2.24, 2.45) is 0 Å². The molecule has 1 fully saturated rings. The minimum absolute atomic E-state index is 0.104. The van der Waals surface area contributed by atoms with Gasteiger partial charge in [-0.1, -0.05) is 28.8 Å². The minimum Gasteiger partial charge on any atom is -0.311 e. The van der Waals surface area contributed by atoms with E-state index >= 15 is 0 Å². The Labute approximate surface area is 111 Å². The lowest BCUT2D eigenvalue weighted by Crippen LogP contribution is -2.43. The number of hydrogen-bond donors (Lipinski definition) is 1. The summed E-state index contributed by atoms with van der Waals surface area (Å²) in [6, 6.07) is 4.93. The summed E-state index contributed by atoms with van der Waals surface area (Å²) in [5, 5.41) is 3.61. The molecule has 1 aromatic carbocycles. The molecule has 1 aliphatic rings. The Morgan fingerprint density at radius 1 is 1.35 bits per heavy atom. The molecular formula is C14H19BrFN. The predicted octanol–water partition coefficient (Wildman–Crippen LogP) is 4.05. The van der Waals surface area contributed by atoms with Crippen molar-refractivity contribution in [3.63, 3.8) is 0 Å². The Kier molecular flexibility index (Phi) is 4.21. The number of hydrogen-bond acceptors (Lipinski definition) is 1. The second-order valence-electron chi connectivity index (χ2n) is 5.21. The molecular weight excluding hydrogens is 281 g/mol. The fourth-order valence-corrected chi connectivity index (χ4v) is 2.93. The summed E-state index contributed by atoms with van der Waals surface area (Å²) in [5.41, 5.74) is 1.16. The fourth-order valence-electron chi connectivity index (χ4n) is 2.55. The molecule has 2 rings (SSSR count). The highest BCUT2D eigenvalue weighted by molar-refractivity contribution is 9.10. The van der Waals surface area contributed by atoms with Crippen molar-refractivity contribution in [2.75, 3.05) is 6.54 Å². The van der Waals surface area contributed by atoms with Gasteiger partial charge in [-0.3, -0.25) is 0 Å². The molecule has 0 radical (unpaired) electrons. The van der Waals surface area contributed by atoms with Gasteiger partial charge < -0.3 is 5.32 Å². The lowest BCUT2D eigenvalue weighted by atomic mass is 9.88. The molecule has 1 aliphatic heterocycles. The monoisotopic (exact) mass is 299 g/mol. The van der Waals surface area contributed by atoms with Crippen LogP contribution in [-0.4, -0.2) is 12.1 Å². The van der Waals surface area contributed by atoms with Crippen LogP contribution in [0.3, 0.4) is 0 Å². The zero-order valence-electron chi connectivity index (χ0n) is 10.2. The van der Waals surface area contributed by atoms with E-state index in [2.05, 4.69) is 28.2 Å². The molecule has 1 unspecified atom stereocenters. The van der Waals surface area contributed by atoms with E-state index in [1.807, 2.05) is 0 Å². The number of rotatable bonds is 2. The van der Waals surface area contributed by atoms with Gasteiger partial charge in [0, 0.05) is 10.0 Å². The molecule has 1 nitrogen and oxygen atoms in total. The van der Waals surface area contributed by atoms with Crippen LogP contribution in [0.4, 0.5) is 4.39 Å². The summed E-state index contributed by atoms with van der Waals surface area (Å²) >= 11 is 3.51. The van der Waals surface area contributed by atoms with Crippen molar-refractivity contribution in [2.45, 2.75) is 44.6 Å². The molecule has 0 aliphatic carbocycles. The lowest BCUT2D eigenvalue weighted by molar-refractivity contribution is 0.345. The van der Waals surface area contributed by atoms with E-state index in [9.17, 15) is 4.39 Å². The molecule has 1 N–H and O–H groups in total. The van der Waals surface area contributed by atoms with Crippen LogP contribution in [0.25, 0.3) is 0 Å². The molecule has 1 heterocycles. The van der Waals surface area contributed by atoms with E-state index in [0.717, 1.165) is 29.4 Å². The quantitative estimate of drug-likeness (QED) is 0.868. The van der Waals surface area contributed by atoms with Gasteiger partial charge in [0.05, 0.1) is 0 Å². The molecule has 0 aromatic heterocycles. The minimum atomic E-state index is -0.152. The first-order valence-electron chi connectivity index (χ1n) is 6.28. The number of halogens is 2. The van der Waals surface area contributed by atoms with Crippen molar-refractivity contribution in [3.05, 3.63) is 34.1 Å². The van der Waals surface area contributed by atoms with Gasteiger partial charge in [0.25, 0.3) is 0 Å². The topological polar surface area (TPSA) is 12.0 Å². The smallest absolute Gasteiger partial charge is 0.123 e. The van der Waals surface area contributed by atoms with Gasteiger partial charge in [0.1, 0.15) is 5.82 Å². The van der Waals surface area contributed by atoms with E-state index < -0.39 is 0 Å². The van der Waals surface area contributed by atoms with Gasteiger partial charge in [-0.25, -0.2) is 4.39 Å². The van der Waals surface area contributed by atoms with Crippen molar-refractivity contribution < 1.29 is 4.39 Å². The third-order valence-electron chi connectivity index (χ3n) is 3.55. The SMILES string of the molecule is CC1(Cc2cc(F)ccc2Br)CCCCCN1. The highest BCUT2D eigenvalue weighted by atomic mass is 79.9. The van der Waals surface area contributed by atoms with Crippen LogP contribution in [0.5, 0.6) is 0 Å². The molecule has 0 spiro atoms. The molecule has 0 bridgehead atoms. The van der Waals surface area contributed by atoms with E-state index in [4.69, 9.17) is 0 Å². The summed E-state index contributed by atoms with van der Waals surface area (Å²) in [6.07, 6.45) is 5.85. The third-order valence-corrected chi connectivity index (χ3v) is 4.32. The average Bonchev–Trinajstić information content (AvgIpc) is 2.49. The van der Waals surface area contributed by atoms with E-state index in [-0.39, 0.29) is 11.4 Å². The highest BCUT2D eigenvalue weighted by Gasteiger charge is 2.26. The van der Waals surface area contributed by atoms with Gasteiger partial charge in [-0.2, -0.15) is 0 Å². The Morgan fingerprint density at radius 3 is 3.00 bits per heavy atom. The van der Waals surface area contributed by atoms with Crippen molar-refractivity contribution in [1.82, 2.24) is 5.32 Å². The van der Waals surface area contributed by atoms with Crippen LogP contribution in [0.1, 0.15) is 38.2 Å². The summed E-state index contributed by atoms with van der Waals surface area (Å²) < 4.78 is 14.3. The Bertz CT molecular complexity index is 384. The largest absolute Gasteiger partial charge is 0.311 e. The summed E-state index contributed by atoms with van der Waals surface area (Å²) in [4.78, 5) is 0. The zero-order valence-corrected chi connectivity index (χ0v) is 11.8. The first-order chi connectivity index (χ1) is 8.09. The molecule has 17 heavy (non-hydrogen) atoms. The van der Waals surface area contributed by atoms with Crippen LogP contribution in [-0.2, 0) is 6.42 Å². The maximum Gasteiger partial charge on any atom is 0.123 e. The maximum atomic E-state index is 13.3. The van der Waals surface area contributed by atoms with Gasteiger partial charge >= 0.3 is 0 Å². The van der Waals surface area contributed by atoms with E-state index in [0.29, 0.717) is 0 Å². The Hall–Kier alpha value is -0.410. The second kappa shape index (κ2) is 5.49. The van der Waals surface area contributed by atoms with Gasteiger partial charge in [-0.05, 0) is 56.5 Å². The normalized spacial score (nSPS) is 25.6. The van der Waals surface area contributed by atoms with Gasteiger partial charge in [-0.15, -0.1) is 0 Å². The third kappa shape index (κ3) is 3.52. The highest BCUT2D eigenvalue weighted by Crippen LogP contribution is 2.27. The molecule has 0 amide bonds. The molecule has 1 aromatic rings. The molecule has 94 valence electrons.